The molecule has 146 valence electrons. The zero-order valence-corrected chi connectivity index (χ0v) is 17.2. The van der Waals surface area contributed by atoms with Gasteiger partial charge in [0.1, 0.15) is 0 Å². The highest BCUT2D eigenvalue weighted by atomic mass is 16.5. The van der Waals surface area contributed by atoms with Crippen LogP contribution in [-0.4, -0.2) is 12.5 Å². The van der Waals surface area contributed by atoms with Gasteiger partial charge in [-0.05, 0) is 88.9 Å². The van der Waals surface area contributed by atoms with Crippen LogP contribution in [0.2, 0.25) is 0 Å². The first-order valence-electron chi connectivity index (χ1n) is 10.3. The van der Waals surface area contributed by atoms with Crippen molar-refractivity contribution in [2.24, 2.45) is 0 Å². The molecule has 0 bridgehead atoms. The van der Waals surface area contributed by atoms with E-state index < -0.39 is 0 Å². The zero-order chi connectivity index (χ0) is 20.1. The lowest BCUT2D eigenvalue weighted by atomic mass is 9.83. The molecule has 0 unspecified atom stereocenters. The maximum absolute atomic E-state index is 12.9. The predicted molar refractivity (Wildman–Crippen MR) is 116 cm³/mol. The molecule has 29 heavy (non-hydrogen) atoms. The first kappa shape index (κ1) is 18.1. The number of amides is 1. The van der Waals surface area contributed by atoms with Crippen LogP contribution in [0.25, 0.3) is 22.3 Å². The van der Waals surface area contributed by atoms with Crippen LogP contribution in [-0.2, 0) is 24.3 Å². The molecular formula is C26H25NO2. The van der Waals surface area contributed by atoms with Gasteiger partial charge < -0.3 is 10.1 Å². The van der Waals surface area contributed by atoms with Crippen molar-refractivity contribution in [1.82, 2.24) is 5.32 Å². The van der Waals surface area contributed by atoms with Gasteiger partial charge in [-0.15, -0.1) is 0 Å². The molecule has 5 rings (SSSR count). The van der Waals surface area contributed by atoms with Crippen LogP contribution in [0.5, 0.6) is 0 Å². The highest BCUT2D eigenvalue weighted by Gasteiger charge is 2.34. The molecule has 0 aromatic heterocycles. The van der Waals surface area contributed by atoms with Crippen molar-refractivity contribution in [3.8, 4) is 22.3 Å². The van der Waals surface area contributed by atoms with Gasteiger partial charge in [0.25, 0.3) is 5.91 Å². The smallest absolute Gasteiger partial charge is 0.252 e. The summed E-state index contributed by atoms with van der Waals surface area (Å²) >= 11 is 0. The Hall–Kier alpha value is -2.91. The average Bonchev–Trinajstić information content (AvgIpc) is 3.29. The summed E-state index contributed by atoms with van der Waals surface area (Å²) in [6, 6.07) is 15.0. The van der Waals surface area contributed by atoms with Crippen molar-refractivity contribution in [1.29, 1.82) is 0 Å². The molecule has 1 heterocycles. The number of nitrogens with one attached hydrogen (secondary N) is 1. The summed E-state index contributed by atoms with van der Waals surface area (Å²) in [7, 11) is 0. The summed E-state index contributed by atoms with van der Waals surface area (Å²) in [6.45, 7) is 8.29. The number of carbonyl (C=O) groups excluding carboxylic acids is 1. The number of aryl methyl sites for hydroxylation is 1. The third-order valence-corrected chi connectivity index (χ3v) is 6.33. The highest BCUT2D eigenvalue weighted by Crippen LogP contribution is 2.47. The van der Waals surface area contributed by atoms with Crippen LogP contribution in [0.15, 0.2) is 42.5 Å². The lowest BCUT2D eigenvalue weighted by molar-refractivity contribution is 0.0966. The van der Waals surface area contributed by atoms with Crippen LogP contribution in [0, 0.1) is 13.8 Å². The van der Waals surface area contributed by atoms with Crippen LogP contribution < -0.4 is 5.32 Å². The average molecular weight is 383 g/mol. The van der Waals surface area contributed by atoms with Gasteiger partial charge in [0, 0.05) is 13.2 Å². The second kappa shape index (κ2) is 6.85. The molecule has 0 spiro atoms. The maximum atomic E-state index is 12.9. The number of hydrogen-bond acceptors (Lipinski definition) is 2. The monoisotopic (exact) mass is 383 g/mol. The molecule has 3 aromatic carbocycles. The van der Waals surface area contributed by atoms with E-state index in [1.165, 1.54) is 44.5 Å². The summed E-state index contributed by atoms with van der Waals surface area (Å²) in [6.07, 6.45) is 0.891. The Morgan fingerprint density at radius 1 is 0.966 bits per heavy atom. The Labute approximate surface area is 171 Å². The lowest BCUT2D eigenvalue weighted by Gasteiger charge is -2.19. The van der Waals surface area contributed by atoms with Gasteiger partial charge in [-0.3, -0.25) is 4.79 Å². The largest absolute Gasteiger partial charge is 0.377 e. The highest BCUT2D eigenvalue weighted by molar-refractivity contribution is 6.09. The maximum Gasteiger partial charge on any atom is 0.252 e. The van der Waals surface area contributed by atoms with Crippen molar-refractivity contribution in [2.75, 3.05) is 6.61 Å². The predicted octanol–water partition coefficient (Wildman–Crippen LogP) is 5.32. The quantitative estimate of drug-likeness (QED) is 0.518. The molecule has 2 aliphatic rings. The van der Waals surface area contributed by atoms with Gasteiger partial charge in [0.2, 0.25) is 0 Å². The van der Waals surface area contributed by atoms with Crippen molar-refractivity contribution in [3.05, 3.63) is 81.4 Å². The molecule has 0 fully saturated rings. The van der Waals surface area contributed by atoms with Gasteiger partial charge in [-0.2, -0.15) is 0 Å². The van der Waals surface area contributed by atoms with Crippen LogP contribution in [0.1, 0.15) is 50.7 Å². The fourth-order valence-corrected chi connectivity index (χ4v) is 4.92. The molecule has 1 amide bonds. The van der Waals surface area contributed by atoms with E-state index in [0.29, 0.717) is 19.8 Å². The summed E-state index contributed by atoms with van der Waals surface area (Å²) < 4.78 is 5.64. The Morgan fingerprint density at radius 2 is 1.79 bits per heavy atom. The number of fused-ring (bicyclic) bond motifs is 5. The number of carbonyl (C=O) groups is 1. The Balaban J connectivity index is 1.78. The summed E-state index contributed by atoms with van der Waals surface area (Å²) in [5.74, 6) is 0.0531. The number of benzene rings is 3. The summed E-state index contributed by atoms with van der Waals surface area (Å²) in [5, 5.41) is 3.09. The van der Waals surface area contributed by atoms with Crippen LogP contribution >= 0.6 is 0 Å². The second-order valence-electron chi connectivity index (χ2n) is 8.01. The van der Waals surface area contributed by atoms with E-state index in [4.69, 9.17) is 4.74 Å². The van der Waals surface area contributed by atoms with Crippen molar-refractivity contribution >= 4 is 5.91 Å². The zero-order valence-electron chi connectivity index (χ0n) is 17.2. The number of hydrogen-bond donors (Lipinski definition) is 1. The van der Waals surface area contributed by atoms with Gasteiger partial charge in [-0.25, -0.2) is 0 Å². The van der Waals surface area contributed by atoms with Crippen LogP contribution in [0.3, 0.4) is 0 Å². The second-order valence-corrected chi connectivity index (χ2v) is 8.01. The Bertz CT molecular complexity index is 1160. The van der Waals surface area contributed by atoms with E-state index in [-0.39, 0.29) is 5.91 Å². The first-order valence-corrected chi connectivity index (χ1v) is 10.3. The fourth-order valence-electron chi connectivity index (χ4n) is 4.92. The molecule has 3 nitrogen and oxygen atoms in total. The molecule has 0 saturated heterocycles. The molecular weight excluding hydrogens is 358 g/mol. The normalized spacial score (nSPS) is 13.8. The van der Waals surface area contributed by atoms with Gasteiger partial charge in [0.15, 0.2) is 0 Å². The fraction of sp³-hybridized carbons (Fsp3) is 0.269. The van der Waals surface area contributed by atoms with E-state index in [2.05, 4.69) is 61.6 Å². The molecule has 1 N–H and O–H groups in total. The first-order chi connectivity index (χ1) is 14.1. The SMILES string of the molecule is CCOCc1ccc(C)c(-c2c(C)c3c(c4c2CNC4=O)-c2ccccc2C3)c1. The van der Waals surface area contributed by atoms with E-state index >= 15 is 0 Å². The van der Waals surface area contributed by atoms with Gasteiger partial charge in [0.05, 0.1) is 12.2 Å². The number of ether oxygens (including phenoxy) is 1. The summed E-state index contributed by atoms with van der Waals surface area (Å²) in [5.41, 5.74) is 13.1. The topological polar surface area (TPSA) is 38.3 Å². The minimum atomic E-state index is 0.0531. The van der Waals surface area contributed by atoms with E-state index in [0.717, 1.165) is 23.1 Å². The molecule has 0 saturated carbocycles. The van der Waals surface area contributed by atoms with Crippen molar-refractivity contribution in [2.45, 2.75) is 40.3 Å². The minimum Gasteiger partial charge on any atom is -0.377 e. The van der Waals surface area contributed by atoms with Gasteiger partial charge in [-0.1, -0.05) is 36.4 Å². The molecule has 3 heteroatoms. The van der Waals surface area contributed by atoms with Gasteiger partial charge >= 0.3 is 0 Å². The number of rotatable bonds is 4. The van der Waals surface area contributed by atoms with E-state index in [1.807, 2.05) is 6.92 Å². The summed E-state index contributed by atoms with van der Waals surface area (Å²) in [4.78, 5) is 12.9. The van der Waals surface area contributed by atoms with E-state index in [1.54, 1.807) is 0 Å². The molecule has 0 atom stereocenters. The minimum absolute atomic E-state index is 0.0531. The van der Waals surface area contributed by atoms with Crippen LogP contribution in [0.4, 0.5) is 0 Å². The standard InChI is InChI=1S/C26H25NO2/c1-4-29-14-17-10-9-15(2)20(11-17)23-16(3)21-12-18-7-5-6-8-19(18)24(21)25-22(23)13-27-26(25)28/h5-11H,4,12-14H2,1-3H3,(H,27,28). The molecule has 3 aromatic rings. The molecule has 1 aliphatic carbocycles. The lowest BCUT2D eigenvalue weighted by Crippen LogP contribution is -2.13. The third-order valence-electron chi connectivity index (χ3n) is 6.33. The van der Waals surface area contributed by atoms with Crippen molar-refractivity contribution < 1.29 is 9.53 Å². The molecule has 0 radical (unpaired) electrons. The van der Waals surface area contributed by atoms with E-state index in [9.17, 15) is 4.79 Å². The Morgan fingerprint density at radius 3 is 2.62 bits per heavy atom. The third kappa shape index (κ3) is 2.72. The molecule has 1 aliphatic heterocycles. The van der Waals surface area contributed by atoms with Crippen molar-refractivity contribution in [3.63, 3.8) is 0 Å². The Kier molecular flexibility index (Phi) is 4.29.